The lowest BCUT2D eigenvalue weighted by atomic mass is 9.32. The van der Waals surface area contributed by atoms with E-state index < -0.39 is 5.97 Å². The zero-order valence-corrected chi connectivity index (χ0v) is 36.9. The smallest absolute Gasteiger partial charge is 0.407 e. The number of allylic oxidation sites excluding steroid dienone is 3. The molecule has 1 aromatic carbocycles. The second-order valence-electron chi connectivity index (χ2n) is 18.3. The highest BCUT2D eigenvalue weighted by Gasteiger charge is 2.69. The van der Waals surface area contributed by atoms with Crippen molar-refractivity contribution in [2.45, 2.75) is 119 Å². The number of nitrogens with one attached hydrogen (secondary N) is 1. The van der Waals surface area contributed by atoms with E-state index in [1.54, 1.807) is 23.1 Å². The molecule has 320 valence electrons. The minimum atomic E-state index is -0.874. The number of benzene rings is 1. The van der Waals surface area contributed by atoms with Gasteiger partial charge in [0.15, 0.2) is 0 Å². The number of carboxylic acid groups (broad SMARTS) is 1. The fourth-order valence-electron chi connectivity index (χ4n) is 13.4. The van der Waals surface area contributed by atoms with Gasteiger partial charge >= 0.3 is 12.1 Å². The first-order valence-corrected chi connectivity index (χ1v) is 21.3. The number of hydrogen-bond acceptors (Lipinski definition) is 4. The van der Waals surface area contributed by atoms with Gasteiger partial charge in [-0.25, -0.2) is 9.59 Å². The third-order valence-electron chi connectivity index (χ3n) is 15.9. The summed E-state index contributed by atoms with van der Waals surface area (Å²) in [5, 5.41) is 12.7. The van der Waals surface area contributed by atoms with Crippen LogP contribution in [-0.4, -0.2) is 54.2 Å². The summed E-state index contributed by atoms with van der Waals surface area (Å²) in [4.78, 5) is 38.1. The highest BCUT2D eigenvalue weighted by atomic mass is 16.5. The number of carbonyl (C=O) groups excluding carboxylic acids is 2. The maximum Gasteiger partial charge on any atom is 0.407 e. The second-order valence-corrected chi connectivity index (χ2v) is 18.3. The fourth-order valence-corrected chi connectivity index (χ4v) is 13.4. The number of aromatic carboxylic acids is 1. The molecule has 7 nitrogen and oxygen atoms in total. The van der Waals surface area contributed by atoms with Gasteiger partial charge in [-0.2, -0.15) is 0 Å². The van der Waals surface area contributed by atoms with Crippen molar-refractivity contribution in [3.8, 4) is 51.4 Å². The Balaban J connectivity index is 0.00000100. The van der Waals surface area contributed by atoms with Gasteiger partial charge in [0.25, 0.3) is 0 Å². The van der Waals surface area contributed by atoms with Gasteiger partial charge in [-0.15, -0.1) is 58.0 Å². The highest BCUT2D eigenvalue weighted by Crippen LogP contribution is 2.77. The van der Waals surface area contributed by atoms with Crippen molar-refractivity contribution < 1.29 is 24.2 Å². The lowest BCUT2D eigenvalue weighted by Crippen LogP contribution is -2.65. The second kappa shape index (κ2) is 21.4. The number of carboxylic acids is 1. The van der Waals surface area contributed by atoms with Crippen LogP contribution in [0.25, 0.3) is 5.57 Å². The quantitative estimate of drug-likeness (QED) is 0.211. The lowest BCUT2D eigenvalue weighted by molar-refractivity contribution is -0.222. The summed E-state index contributed by atoms with van der Waals surface area (Å²) in [5.41, 5.74) is 3.86. The first-order valence-electron chi connectivity index (χ1n) is 21.3. The van der Waals surface area contributed by atoms with E-state index in [0.29, 0.717) is 48.7 Å². The molecule has 3 unspecified atom stereocenters. The Labute approximate surface area is 358 Å². The third kappa shape index (κ3) is 9.47. The molecule has 6 aliphatic rings. The van der Waals surface area contributed by atoms with Crippen molar-refractivity contribution in [3.63, 3.8) is 0 Å². The number of nitrogens with zero attached hydrogens (tertiary/aromatic N) is 1. The van der Waals surface area contributed by atoms with E-state index in [1.165, 1.54) is 68.9 Å². The van der Waals surface area contributed by atoms with E-state index in [-0.39, 0.29) is 45.7 Å². The number of carbonyl (C=O) groups is 3. The van der Waals surface area contributed by atoms with Crippen molar-refractivity contribution in [1.82, 2.24) is 10.2 Å². The van der Waals surface area contributed by atoms with Crippen molar-refractivity contribution in [2.75, 3.05) is 26.2 Å². The van der Waals surface area contributed by atoms with Gasteiger partial charge in [0.2, 0.25) is 5.91 Å². The van der Waals surface area contributed by atoms with Gasteiger partial charge in [-0.05, 0) is 145 Å². The maximum atomic E-state index is 12.8. The van der Waals surface area contributed by atoms with Gasteiger partial charge in [-0.1, -0.05) is 65.3 Å². The molecule has 0 radical (unpaired) electrons. The molecule has 1 heterocycles. The van der Waals surface area contributed by atoms with Crippen LogP contribution in [0.1, 0.15) is 135 Å². The van der Waals surface area contributed by atoms with Crippen LogP contribution in [0.3, 0.4) is 0 Å². The fraction of sp³-hybridized carbons (Fsp3) is 0.596. The molecule has 4 saturated carbocycles. The van der Waals surface area contributed by atoms with Gasteiger partial charge in [0, 0.05) is 19.5 Å². The van der Waals surface area contributed by atoms with Crippen LogP contribution in [0, 0.1) is 102 Å². The summed E-state index contributed by atoms with van der Waals surface area (Å²) in [5.74, 6) is 1.87. The number of fused-ring (bicyclic) bond motifs is 7. The van der Waals surface area contributed by atoms with Crippen molar-refractivity contribution in [2.24, 2.45) is 50.7 Å². The average Bonchev–Trinajstić information content (AvgIpc) is 3.86. The first kappa shape index (κ1) is 50.3. The van der Waals surface area contributed by atoms with Crippen molar-refractivity contribution in [1.29, 1.82) is 0 Å². The number of hydrogen-bond donors (Lipinski definition) is 2. The monoisotopic (exact) mass is 805 g/mol. The molecule has 7 heteroatoms. The molecule has 0 bridgehead atoms. The predicted octanol–water partition coefficient (Wildman–Crippen LogP) is 10.8. The van der Waals surface area contributed by atoms with Gasteiger partial charge < -0.3 is 20.1 Å². The summed E-state index contributed by atoms with van der Waals surface area (Å²) in [6.07, 6.45) is 49.7. The molecular weight excluding hydrogens is 733 g/mol. The Morgan fingerprint density at radius 3 is 2.05 bits per heavy atom. The van der Waals surface area contributed by atoms with Crippen LogP contribution in [0.2, 0.25) is 0 Å². The number of rotatable bonds is 7. The summed E-state index contributed by atoms with van der Waals surface area (Å²) in [6.45, 7) is 20.3. The Hall–Kier alpha value is -4.85. The molecule has 1 aromatic rings. The van der Waals surface area contributed by atoms with Gasteiger partial charge in [0.05, 0.1) is 12.1 Å². The zero-order chi connectivity index (χ0) is 44.8. The number of terminal acetylenes is 4. The Bertz CT molecular complexity index is 1690. The molecule has 5 fully saturated rings. The Morgan fingerprint density at radius 1 is 0.847 bits per heavy atom. The summed E-state index contributed by atoms with van der Waals surface area (Å²) < 4.78 is 5.56. The molecule has 0 spiro atoms. The summed E-state index contributed by atoms with van der Waals surface area (Å²) in [6, 6.07) is 7.54. The molecule has 2 amide bonds. The number of ether oxygens (including phenoxy) is 1. The minimum absolute atomic E-state index is 0.00821. The Kier molecular flexibility index (Phi) is 18.3. The molecule has 1 aliphatic heterocycles. The van der Waals surface area contributed by atoms with E-state index in [2.05, 4.69) is 104 Å². The van der Waals surface area contributed by atoms with Crippen LogP contribution in [0.4, 0.5) is 4.79 Å². The van der Waals surface area contributed by atoms with Gasteiger partial charge in [0.1, 0.15) is 6.61 Å². The third-order valence-corrected chi connectivity index (χ3v) is 15.9. The largest absolute Gasteiger partial charge is 0.478 e. The van der Waals surface area contributed by atoms with Gasteiger partial charge in [-0.3, -0.25) is 4.79 Å². The van der Waals surface area contributed by atoms with Crippen LogP contribution in [0.5, 0.6) is 0 Å². The molecule has 5 aliphatic carbocycles. The topological polar surface area (TPSA) is 95.9 Å². The van der Waals surface area contributed by atoms with E-state index in [1.807, 2.05) is 19.1 Å². The molecule has 59 heavy (non-hydrogen) atoms. The number of amides is 2. The standard InChI is InChI=1S/C41H58N2O5.C3H6.4C2H2/c1-37(2)29(27-10-12-28(13-11-27)35(45)46)16-19-38(3)32(37)17-20-40(5)33(38)15-14-30-31-8-6-18-41(31,22-21-39(30,40)4)26-42-36(47)48-25-24-43-23-7-9-34(43)44;1-3-2;4*1-2/h10-13,16,30-33H,6-9,14-15,17-26H2,1-5H3,(H,42,47)(H,45,46);3H,1H2,2H3;4*1-2H/t30-,31?,32?,33?,38+,39-,40-,41-;;;;;/m1...../s1. The maximum absolute atomic E-state index is 12.8. The van der Waals surface area contributed by atoms with Crippen LogP contribution in [-0.2, 0) is 9.53 Å². The molecular formula is C52H72N2O5. The summed E-state index contributed by atoms with van der Waals surface area (Å²) >= 11 is 0. The minimum Gasteiger partial charge on any atom is -0.478 e. The summed E-state index contributed by atoms with van der Waals surface area (Å²) in [7, 11) is 0. The normalized spacial score (nSPS) is 32.7. The van der Waals surface area contributed by atoms with Crippen molar-refractivity contribution >= 4 is 23.5 Å². The van der Waals surface area contributed by atoms with Crippen molar-refractivity contribution in [3.05, 3.63) is 54.1 Å². The van der Waals surface area contributed by atoms with E-state index in [9.17, 15) is 19.5 Å². The van der Waals surface area contributed by atoms with Crippen LogP contribution < -0.4 is 5.32 Å². The molecule has 2 N–H and O–H groups in total. The van der Waals surface area contributed by atoms with E-state index >= 15 is 0 Å². The molecule has 7 rings (SSSR count). The lowest BCUT2D eigenvalue weighted by Gasteiger charge is -2.72. The Morgan fingerprint density at radius 2 is 1.47 bits per heavy atom. The van der Waals surface area contributed by atoms with Crippen LogP contribution >= 0.6 is 0 Å². The SMILES string of the molecule is C#C.C#C.C#C.C#C.C=CC.CC1(C)C(c2ccc(C(=O)O)cc2)=CC[C@@]2(C)C1CC[C@]1(C)C2CC[C@@H]2C3CCC[C@]3(CNC(=O)OCCN3CCCC3=O)CC[C@]21C. The molecule has 0 aromatic heterocycles. The van der Waals surface area contributed by atoms with E-state index in [0.717, 1.165) is 19.4 Å². The van der Waals surface area contributed by atoms with E-state index in [4.69, 9.17) is 4.74 Å². The molecule has 1 saturated heterocycles. The van der Waals surface area contributed by atoms with Crippen LogP contribution in [0.15, 0.2) is 43.0 Å². The number of likely N-dealkylation sites (tertiary alicyclic amines) is 1. The highest BCUT2D eigenvalue weighted by molar-refractivity contribution is 5.88. The predicted molar refractivity (Wildman–Crippen MR) is 243 cm³/mol. The zero-order valence-electron chi connectivity index (χ0n) is 36.9. The number of alkyl carbamates (subject to hydrolysis) is 1. The average molecular weight is 805 g/mol. The molecule has 8 atom stereocenters. The first-order chi connectivity index (χ1) is 28.2.